The summed E-state index contributed by atoms with van der Waals surface area (Å²) in [4.78, 5) is 12.8. The summed E-state index contributed by atoms with van der Waals surface area (Å²) in [6.07, 6.45) is 1.74. The van der Waals surface area contributed by atoms with Crippen molar-refractivity contribution < 1.29 is 14.3 Å². The van der Waals surface area contributed by atoms with Crippen LogP contribution in [0.1, 0.15) is 30.9 Å². The van der Waals surface area contributed by atoms with E-state index in [0.717, 1.165) is 28.4 Å². The zero-order valence-electron chi connectivity index (χ0n) is 14.8. The summed E-state index contributed by atoms with van der Waals surface area (Å²) >= 11 is 9.73. The molecule has 1 amide bonds. The molecule has 0 unspecified atom stereocenters. The maximum atomic E-state index is 12.8. The SMILES string of the molecule is CCOc1c(Cl)cc(CNC(=O)C2(c3ccc(Br)cc3)CC2)cc1OC. The van der Waals surface area contributed by atoms with Crippen LogP contribution in [0.25, 0.3) is 0 Å². The molecule has 0 spiro atoms. The lowest BCUT2D eigenvalue weighted by Crippen LogP contribution is -2.34. The third-order valence-corrected chi connectivity index (χ3v) is 5.42. The summed E-state index contributed by atoms with van der Waals surface area (Å²) in [7, 11) is 1.57. The molecule has 1 saturated carbocycles. The molecular weight excluding hydrogens is 418 g/mol. The van der Waals surface area contributed by atoms with Gasteiger partial charge in [0.2, 0.25) is 5.91 Å². The molecule has 4 nitrogen and oxygen atoms in total. The van der Waals surface area contributed by atoms with Gasteiger partial charge in [0.25, 0.3) is 0 Å². The number of rotatable bonds is 7. The van der Waals surface area contributed by atoms with Crippen molar-refractivity contribution in [3.05, 3.63) is 57.0 Å². The summed E-state index contributed by atoms with van der Waals surface area (Å²) in [5.74, 6) is 1.14. The minimum absolute atomic E-state index is 0.0452. The Bertz CT molecular complexity index is 803. The van der Waals surface area contributed by atoms with Crippen LogP contribution in [0.15, 0.2) is 40.9 Å². The van der Waals surface area contributed by atoms with Crippen LogP contribution in [0, 0.1) is 0 Å². The van der Waals surface area contributed by atoms with E-state index in [-0.39, 0.29) is 5.91 Å². The molecule has 1 N–H and O–H groups in total. The largest absolute Gasteiger partial charge is 0.493 e. The molecule has 0 atom stereocenters. The van der Waals surface area contributed by atoms with Crippen LogP contribution in [-0.2, 0) is 16.8 Å². The van der Waals surface area contributed by atoms with Gasteiger partial charge in [0, 0.05) is 11.0 Å². The maximum absolute atomic E-state index is 12.8. The van der Waals surface area contributed by atoms with Crippen LogP contribution in [0.4, 0.5) is 0 Å². The zero-order chi connectivity index (χ0) is 18.7. The van der Waals surface area contributed by atoms with E-state index in [1.807, 2.05) is 37.3 Å². The molecular formula is C20H21BrClNO3. The Kier molecular flexibility index (Phi) is 5.78. The fourth-order valence-electron chi connectivity index (χ4n) is 3.05. The highest BCUT2D eigenvalue weighted by Crippen LogP contribution is 2.48. The molecule has 0 heterocycles. The first-order valence-electron chi connectivity index (χ1n) is 8.53. The van der Waals surface area contributed by atoms with Crippen LogP contribution in [0.5, 0.6) is 11.5 Å². The van der Waals surface area contributed by atoms with Gasteiger partial charge < -0.3 is 14.8 Å². The number of nitrogens with one attached hydrogen (secondary N) is 1. The number of hydrogen-bond acceptors (Lipinski definition) is 3. The van der Waals surface area contributed by atoms with Crippen molar-refractivity contribution in [3.8, 4) is 11.5 Å². The fraction of sp³-hybridized carbons (Fsp3) is 0.350. The summed E-state index contributed by atoms with van der Waals surface area (Å²) in [5.41, 5.74) is 1.52. The van der Waals surface area contributed by atoms with Gasteiger partial charge in [-0.3, -0.25) is 4.79 Å². The van der Waals surface area contributed by atoms with Crippen LogP contribution in [0.3, 0.4) is 0 Å². The van der Waals surface area contributed by atoms with E-state index in [9.17, 15) is 4.79 Å². The second-order valence-corrected chi connectivity index (χ2v) is 7.64. The van der Waals surface area contributed by atoms with E-state index in [4.69, 9.17) is 21.1 Å². The molecule has 3 rings (SSSR count). The van der Waals surface area contributed by atoms with E-state index in [0.29, 0.717) is 29.7 Å². The predicted molar refractivity (Wildman–Crippen MR) is 106 cm³/mol. The van der Waals surface area contributed by atoms with Gasteiger partial charge >= 0.3 is 0 Å². The summed E-state index contributed by atoms with van der Waals surface area (Å²) in [6.45, 7) is 2.78. The Morgan fingerprint density at radius 2 is 1.96 bits per heavy atom. The first-order chi connectivity index (χ1) is 12.5. The van der Waals surface area contributed by atoms with Crippen molar-refractivity contribution >= 4 is 33.4 Å². The van der Waals surface area contributed by atoms with Crippen molar-refractivity contribution in [2.45, 2.75) is 31.7 Å². The minimum Gasteiger partial charge on any atom is -0.493 e. The van der Waals surface area contributed by atoms with Crippen molar-refractivity contribution in [1.82, 2.24) is 5.32 Å². The first-order valence-corrected chi connectivity index (χ1v) is 9.71. The van der Waals surface area contributed by atoms with E-state index in [1.54, 1.807) is 13.2 Å². The van der Waals surface area contributed by atoms with Crippen LogP contribution >= 0.6 is 27.5 Å². The summed E-state index contributed by atoms with van der Waals surface area (Å²) in [6, 6.07) is 11.6. The molecule has 0 radical (unpaired) electrons. The van der Waals surface area contributed by atoms with E-state index >= 15 is 0 Å². The predicted octanol–water partition coefficient (Wildman–Crippen LogP) is 4.86. The highest BCUT2D eigenvalue weighted by molar-refractivity contribution is 9.10. The Balaban J connectivity index is 1.72. The number of carbonyl (C=O) groups excluding carboxylic acids is 1. The molecule has 2 aromatic rings. The van der Waals surface area contributed by atoms with Crippen molar-refractivity contribution in [1.29, 1.82) is 0 Å². The molecule has 1 aliphatic rings. The van der Waals surface area contributed by atoms with Gasteiger partial charge in [0.05, 0.1) is 24.2 Å². The van der Waals surface area contributed by atoms with Gasteiger partial charge in [-0.2, -0.15) is 0 Å². The number of amides is 1. The summed E-state index contributed by atoms with van der Waals surface area (Å²) < 4.78 is 11.9. The van der Waals surface area contributed by atoms with Crippen LogP contribution < -0.4 is 14.8 Å². The third-order valence-electron chi connectivity index (χ3n) is 4.61. The van der Waals surface area contributed by atoms with Crippen LogP contribution in [0.2, 0.25) is 5.02 Å². The number of hydrogen-bond donors (Lipinski definition) is 1. The third kappa shape index (κ3) is 3.84. The Morgan fingerprint density at radius 1 is 1.27 bits per heavy atom. The lowest BCUT2D eigenvalue weighted by molar-refractivity contribution is -0.123. The molecule has 1 fully saturated rings. The Morgan fingerprint density at radius 3 is 2.54 bits per heavy atom. The standard InChI is InChI=1S/C20H21BrClNO3/c1-3-26-18-16(22)10-13(11-17(18)25-2)12-23-19(24)20(8-9-20)14-4-6-15(21)7-5-14/h4-7,10-11H,3,8-9,12H2,1-2H3,(H,23,24). The monoisotopic (exact) mass is 437 g/mol. The zero-order valence-corrected chi connectivity index (χ0v) is 17.1. The lowest BCUT2D eigenvalue weighted by atomic mass is 9.95. The molecule has 138 valence electrons. The van der Waals surface area contributed by atoms with Gasteiger partial charge in [0.15, 0.2) is 11.5 Å². The van der Waals surface area contributed by atoms with Crippen LogP contribution in [-0.4, -0.2) is 19.6 Å². The smallest absolute Gasteiger partial charge is 0.230 e. The lowest BCUT2D eigenvalue weighted by Gasteiger charge is -2.17. The quantitative estimate of drug-likeness (QED) is 0.672. The number of ether oxygens (including phenoxy) is 2. The van der Waals surface area contributed by atoms with Crippen molar-refractivity contribution in [3.63, 3.8) is 0 Å². The van der Waals surface area contributed by atoms with Gasteiger partial charge in [-0.15, -0.1) is 0 Å². The number of benzene rings is 2. The van der Waals surface area contributed by atoms with Crippen molar-refractivity contribution in [2.75, 3.05) is 13.7 Å². The van der Waals surface area contributed by atoms with Gasteiger partial charge in [-0.05, 0) is 55.2 Å². The number of carbonyl (C=O) groups is 1. The molecule has 0 aliphatic heterocycles. The molecule has 6 heteroatoms. The molecule has 0 aromatic heterocycles. The number of halogens is 2. The molecule has 0 bridgehead atoms. The topological polar surface area (TPSA) is 47.6 Å². The molecule has 0 saturated heterocycles. The van der Waals surface area contributed by atoms with Gasteiger partial charge in [-0.1, -0.05) is 39.7 Å². The van der Waals surface area contributed by atoms with Gasteiger partial charge in [0.1, 0.15) is 0 Å². The van der Waals surface area contributed by atoms with E-state index < -0.39 is 5.41 Å². The highest BCUT2D eigenvalue weighted by atomic mass is 79.9. The van der Waals surface area contributed by atoms with E-state index in [2.05, 4.69) is 21.2 Å². The summed E-state index contributed by atoms with van der Waals surface area (Å²) in [5, 5.41) is 3.52. The first kappa shape index (κ1) is 19.1. The molecule has 26 heavy (non-hydrogen) atoms. The second kappa shape index (κ2) is 7.89. The highest BCUT2D eigenvalue weighted by Gasteiger charge is 2.51. The van der Waals surface area contributed by atoms with Gasteiger partial charge in [-0.25, -0.2) is 0 Å². The normalized spacial score (nSPS) is 14.6. The molecule has 1 aliphatic carbocycles. The maximum Gasteiger partial charge on any atom is 0.230 e. The average molecular weight is 439 g/mol. The minimum atomic E-state index is -0.403. The molecule has 2 aromatic carbocycles. The van der Waals surface area contributed by atoms with E-state index in [1.165, 1.54) is 0 Å². The number of methoxy groups -OCH3 is 1. The van der Waals surface area contributed by atoms with Crippen molar-refractivity contribution in [2.24, 2.45) is 0 Å². The Labute approximate surface area is 167 Å². The average Bonchev–Trinajstić information content (AvgIpc) is 3.44. The fourth-order valence-corrected chi connectivity index (χ4v) is 3.60. The Hall–Kier alpha value is -1.72. The second-order valence-electron chi connectivity index (χ2n) is 6.31.